The van der Waals surface area contributed by atoms with Crippen molar-refractivity contribution in [3.63, 3.8) is 0 Å². The largest absolute Gasteiger partial charge is 0.388 e. The van der Waals surface area contributed by atoms with Gasteiger partial charge in [-0.25, -0.2) is 0 Å². The van der Waals surface area contributed by atoms with Crippen molar-refractivity contribution >= 4 is 11.3 Å². The summed E-state index contributed by atoms with van der Waals surface area (Å²) in [5.41, 5.74) is 0.484. The van der Waals surface area contributed by atoms with Gasteiger partial charge in [-0.3, -0.25) is 0 Å². The summed E-state index contributed by atoms with van der Waals surface area (Å²) in [4.78, 5) is 2.46. The molecule has 0 aliphatic carbocycles. The van der Waals surface area contributed by atoms with Crippen LogP contribution in [0.5, 0.6) is 0 Å². The summed E-state index contributed by atoms with van der Waals surface area (Å²) in [5.74, 6) is 0. The van der Waals surface area contributed by atoms with Gasteiger partial charge in [0.05, 0.1) is 6.10 Å². The van der Waals surface area contributed by atoms with Crippen molar-refractivity contribution in [1.29, 1.82) is 0 Å². The maximum absolute atomic E-state index is 10.2. The van der Waals surface area contributed by atoms with Gasteiger partial charge in [-0.15, -0.1) is 11.3 Å². The molecule has 1 atom stereocenters. The highest BCUT2D eigenvalue weighted by atomic mass is 32.1. The van der Waals surface area contributed by atoms with Gasteiger partial charge >= 0.3 is 0 Å². The minimum Gasteiger partial charge on any atom is -0.388 e. The summed E-state index contributed by atoms with van der Waals surface area (Å²) in [6, 6.07) is 4.24. The van der Waals surface area contributed by atoms with Crippen LogP contribution in [0.1, 0.15) is 70.2 Å². The normalized spacial score (nSPS) is 15.0. The number of thiophene rings is 1. The van der Waals surface area contributed by atoms with Crippen LogP contribution in [0.3, 0.4) is 0 Å². The van der Waals surface area contributed by atoms with Crippen molar-refractivity contribution in [2.24, 2.45) is 5.41 Å². The molecular formula is C15H26OS. The van der Waals surface area contributed by atoms with E-state index >= 15 is 0 Å². The third kappa shape index (κ3) is 4.81. The van der Waals surface area contributed by atoms with E-state index < -0.39 is 0 Å². The van der Waals surface area contributed by atoms with Crippen LogP contribution < -0.4 is 0 Å². The molecule has 0 spiro atoms. The zero-order valence-electron chi connectivity index (χ0n) is 12.0. The van der Waals surface area contributed by atoms with Crippen LogP contribution in [0, 0.1) is 5.41 Å². The molecule has 0 saturated heterocycles. The number of aliphatic hydroxyl groups is 1. The predicted octanol–water partition coefficient (Wildman–Crippen LogP) is 4.91. The second-order valence-corrected chi connectivity index (χ2v) is 8.18. The van der Waals surface area contributed by atoms with Gasteiger partial charge < -0.3 is 5.11 Å². The lowest BCUT2D eigenvalue weighted by molar-refractivity contribution is 0.151. The summed E-state index contributed by atoms with van der Waals surface area (Å²) in [6.07, 6.45) is 1.61. The highest BCUT2D eigenvalue weighted by Gasteiger charge is 2.20. The van der Waals surface area contributed by atoms with Gasteiger partial charge in [0.2, 0.25) is 0 Å². The first kappa shape index (κ1) is 14.7. The smallest absolute Gasteiger partial charge is 0.0882 e. The van der Waals surface area contributed by atoms with E-state index in [1.54, 1.807) is 11.3 Å². The van der Waals surface area contributed by atoms with Gasteiger partial charge in [0, 0.05) is 9.75 Å². The maximum atomic E-state index is 10.2. The zero-order chi connectivity index (χ0) is 13.3. The molecule has 1 N–H and O–H groups in total. The number of rotatable bonds is 3. The maximum Gasteiger partial charge on any atom is 0.0882 e. The van der Waals surface area contributed by atoms with Gasteiger partial charge in [-0.05, 0) is 35.8 Å². The average Bonchev–Trinajstić information content (AvgIpc) is 2.60. The molecule has 1 aromatic heterocycles. The Morgan fingerprint density at radius 1 is 1.12 bits per heavy atom. The molecule has 17 heavy (non-hydrogen) atoms. The molecule has 2 heteroatoms. The second kappa shape index (κ2) is 5.11. The van der Waals surface area contributed by atoms with E-state index in [4.69, 9.17) is 0 Å². The third-order valence-electron chi connectivity index (χ3n) is 2.86. The molecule has 1 heterocycles. The molecule has 0 radical (unpaired) electrons. The molecule has 1 unspecified atom stereocenters. The van der Waals surface area contributed by atoms with E-state index in [2.05, 4.69) is 53.7 Å². The molecule has 0 aliphatic rings. The summed E-state index contributed by atoms with van der Waals surface area (Å²) in [5, 5.41) is 10.2. The lowest BCUT2D eigenvalue weighted by Gasteiger charge is -2.20. The highest BCUT2D eigenvalue weighted by molar-refractivity contribution is 7.12. The second-order valence-electron chi connectivity index (χ2n) is 7.07. The molecule has 0 aliphatic heterocycles. The van der Waals surface area contributed by atoms with Gasteiger partial charge in [0.25, 0.3) is 0 Å². The standard InChI is InChI=1S/C15H26OS/c1-14(2,3)10-9-11(16)12-7-8-13(17-12)15(4,5)6/h7-8,11,16H,9-10H2,1-6H3. The molecular weight excluding hydrogens is 228 g/mol. The molecule has 0 bridgehead atoms. The Kier molecular flexibility index (Phi) is 4.43. The van der Waals surface area contributed by atoms with Crippen molar-refractivity contribution < 1.29 is 5.11 Å². The first-order chi connectivity index (χ1) is 7.59. The Labute approximate surface area is 110 Å². The van der Waals surface area contributed by atoms with Crippen LogP contribution in [0.25, 0.3) is 0 Å². The Bertz CT molecular complexity index is 352. The first-order valence-corrected chi connectivity index (χ1v) is 7.19. The van der Waals surface area contributed by atoms with Crippen molar-refractivity contribution in [3.05, 3.63) is 21.9 Å². The Balaban J connectivity index is 2.64. The van der Waals surface area contributed by atoms with Crippen LogP contribution in [0.4, 0.5) is 0 Å². The van der Waals surface area contributed by atoms with E-state index in [9.17, 15) is 5.11 Å². The van der Waals surface area contributed by atoms with Crippen LogP contribution in [-0.4, -0.2) is 5.11 Å². The molecule has 1 nitrogen and oxygen atoms in total. The monoisotopic (exact) mass is 254 g/mol. The minimum absolute atomic E-state index is 0.187. The predicted molar refractivity (Wildman–Crippen MR) is 76.7 cm³/mol. The van der Waals surface area contributed by atoms with Crippen LogP contribution >= 0.6 is 11.3 Å². The fourth-order valence-electron chi connectivity index (χ4n) is 1.65. The summed E-state index contributed by atoms with van der Waals surface area (Å²) in [6.45, 7) is 13.3. The van der Waals surface area contributed by atoms with Crippen molar-refractivity contribution in [3.8, 4) is 0 Å². The first-order valence-electron chi connectivity index (χ1n) is 6.38. The SMILES string of the molecule is CC(C)(C)CCC(O)c1ccc(C(C)(C)C)s1. The quantitative estimate of drug-likeness (QED) is 0.813. The third-order valence-corrected chi connectivity index (χ3v) is 4.47. The van der Waals surface area contributed by atoms with Gasteiger partial charge in [0.15, 0.2) is 0 Å². The fraction of sp³-hybridized carbons (Fsp3) is 0.733. The molecule has 1 rings (SSSR count). The molecule has 0 fully saturated rings. The lowest BCUT2D eigenvalue weighted by Crippen LogP contribution is -2.08. The number of aliphatic hydroxyl groups excluding tert-OH is 1. The van der Waals surface area contributed by atoms with E-state index in [1.807, 2.05) is 0 Å². The van der Waals surface area contributed by atoms with E-state index in [-0.39, 0.29) is 11.5 Å². The Morgan fingerprint density at radius 2 is 1.71 bits per heavy atom. The van der Waals surface area contributed by atoms with Gasteiger partial charge in [-0.2, -0.15) is 0 Å². The van der Waals surface area contributed by atoms with Gasteiger partial charge in [-0.1, -0.05) is 41.5 Å². The lowest BCUT2D eigenvalue weighted by atomic mass is 9.89. The van der Waals surface area contributed by atoms with Crippen LogP contribution in [-0.2, 0) is 5.41 Å². The number of hydrogen-bond acceptors (Lipinski definition) is 2. The molecule has 1 aromatic rings. The highest BCUT2D eigenvalue weighted by Crippen LogP contribution is 2.35. The number of hydrogen-bond donors (Lipinski definition) is 1. The van der Waals surface area contributed by atoms with Gasteiger partial charge in [0.1, 0.15) is 0 Å². The molecule has 0 aromatic carbocycles. The van der Waals surface area contributed by atoms with E-state index in [1.165, 1.54) is 4.88 Å². The van der Waals surface area contributed by atoms with Crippen molar-refractivity contribution in [2.45, 2.75) is 65.9 Å². The summed E-state index contributed by atoms with van der Waals surface area (Å²) in [7, 11) is 0. The fourth-order valence-corrected chi connectivity index (χ4v) is 2.73. The van der Waals surface area contributed by atoms with Crippen LogP contribution in [0.2, 0.25) is 0 Å². The average molecular weight is 254 g/mol. The van der Waals surface area contributed by atoms with Crippen molar-refractivity contribution in [2.75, 3.05) is 0 Å². The molecule has 98 valence electrons. The van der Waals surface area contributed by atoms with E-state index in [0.29, 0.717) is 5.41 Å². The summed E-state index contributed by atoms with van der Waals surface area (Å²) < 4.78 is 0. The topological polar surface area (TPSA) is 20.2 Å². The minimum atomic E-state index is -0.296. The zero-order valence-corrected chi connectivity index (χ0v) is 12.8. The van der Waals surface area contributed by atoms with E-state index in [0.717, 1.165) is 17.7 Å². The Morgan fingerprint density at radius 3 is 2.12 bits per heavy atom. The molecule has 0 saturated carbocycles. The van der Waals surface area contributed by atoms with Crippen molar-refractivity contribution in [1.82, 2.24) is 0 Å². The van der Waals surface area contributed by atoms with Crippen LogP contribution in [0.15, 0.2) is 12.1 Å². The molecule has 0 amide bonds. The summed E-state index contributed by atoms with van der Waals surface area (Å²) >= 11 is 1.75. The Hall–Kier alpha value is -0.340.